The van der Waals surface area contributed by atoms with Gasteiger partial charge in [-0.1, -0.05) is 55.5 Å². The van der Waals surface area contributed by atoms with Gasteiger partial charge in [-0.25, -0.2) is 0 Å². The van der Waals surface area contributed by atoms with E-state index in [1.165, 1.54) is 24.0 Å². The molecule has 120 valence electrons. The van der Waals surface area contributed by atoms with Gasteiger partial charge in [0, 0.05) is 11.0 Å². The molecule has 1 heterocycles. The SMILES string of the molecule is CC(=O)c1cccc(C(C)(c2ccccc2)C2CCCNC2)c1. The average Bonchev–Trinajstić information content (AvgIpc) is 2.62. The van der Waals surface area contributed by atoms with Crippen LogP contribution in [-0.4, -0.2) is 18.9 Å². The van der Waals surface area contributed by atoms with Crippen molar-refractivity contribution in [3.63, 3.8) is 0 Å². The van der Waals surface area contributed by atoms with E-state index in [1.54, 1.807) is 6.92 Å². The smallest absolute Gasteiger partial charge is 0.159 e. The van der Waals surface area contributed by atoms with Crippen LogP contribution in [0.2, 0.25) is 0 Å². The number of nitrogens with one attached hydrogen (secondary N) is 1. The third-order valence-electron chi connectivity index (χ3n) is 5.36. The maximum Gasteiger partial charge on any atom is 0.159 e. The van der Waals surface area contributed by atoms with Gasteiger partial charge in [-0.05, 0) is 56.0 Å². The van der Waals surface area contributed by atoms with Gasteiger partial charge in [0.05, 0.1) is 0 Å². The third kappa shape index (κ3) is 3.09. The molecule has 0 aliphatic carbocycles. The topological polar surface area (TPSA) is 29.1 Å². The van der Waals surface area contributed by atoms with Crippen LogP contribution in [0.1, 0.15) is 48.2 Å². The van der Waals surface area contributed by atoms with Crippen LogP contribution in [0.15, 0.2) is 54.6 Å². The summed E-state index contributed by atoms with van der Waals surface area (Å²) in [5, 5.41) is 3.55. The van der Waals surface area contributed by atoms with E-state index < -0.39 is 0 Å². The first-order valence-electron chi connectivity index (χ1n) is 8.50. The number of hydrogen-bond donors (Lipinski definition) is 1. The Morgan fingerprint density at radius 1 is 1.09 bits per heavy atom. The van der Waals surface area contributed by atoms with Crippen molar-refractivity contribution in [2.24, 2.45) is 5.92 Å². The van der Waals surface area contributed by atoms with Gasteiger partial charge in [-0.3, -0.25) is 4.79 Å². The molecule has 1 fully saturated rings. The predicted molar refractivity (Wildman–Crippen MR) is 94.9 cm³/mol. The summed E-state index contributed by atoms with van der Waals surface area (Å²) in [5.41, 5.74) is 3.29. The van der Waals surface area contributed by atoms with Gasteiger partial charge in [0.15, 0.2) is 5.78 Å². The lowest BCUT2D eigenvalue weighted by Crippen LogP contribution is -2.43. The lowest BCUT2D eigenvalue weighted by molar-refractivity contribution is 0.101. The van der Waals surface area contributed by atoms with Crippen LogP contribution in [0.5, 0.6) is 0 Å². The lowest BCUT2D eigenvalue weighted by Gasteiger charge is -2.41. The summed E-state index contributed by atoms with van der Waals surface area (Å²) in [7, 11) is 0. The summed E-state index contributed by atoms with van der Waals surface area (Å²) in [6, 6.07) is 18.9. The normalized spacial score (nSPS) is 20.7. The summed E-state index contributed by atoms with van der Waals surface area (Å²) in [4.78, 5) is 11.8. The summed E-state index contributed by atoms with van der Waals surface area (Å²) in [6.07, 6.45) is 2.42. The first-order chi connectivity index (χ1) is 11.1. The summed E-state index contributed by atoms with van der Waals surface area (Å²) < 4.78 is 0. The molecule has 0 saturated carbocycles. The minimum Gasteiger partial charge on any atom is -0.316 e. The Balaban J connectivity index is 2.11. The molecule has 1 aliphatic heterocycles. The highest BCUT2D eigenvalue weighted by atomic mass is 16.1. The third-order valence-corrected chi connectivity index (χ3v) is 5.36. The number of Topliss-reactive ketones (excluding diaryl/α,β-unsaturated/α-hetero) is 1. The van der Waals surface area contributed by atoms with Crippen LogP contribution >= 0.6 is 0 Å². The Hall–Kier alpha value is -1.93. The van der Waals surface area contributed by atoms with Crippen LogP contribution in [0, 0.1) is 5.92 Å². The standard InChI is InChI=1S/C21H25NO/c1-16(23)17-8-6-11-19(14-17)21(2,18-9-4-3-5-10-18)20-12-7-13-22-15-20/h3-6,8-11,14,20,22H,7,12-13,15H2,1-2H3. The molecule has 1 N–H and O–H groups in total. The molecular weight excluding hydrogens is 282 g/mol. The molecule has 1 saturated heterocycles. The molecule has 1 aliphatic rings. The predicted octanol–water partition coefficient (Wildman–Crippen LogP) is 4.19. The van der Waals surface area contributed by atoms with E-state index in [2.05, 4.69) is 54.7 Å². The Kier molecular flexibility index (Phi) is 4.63. The molecule has 0 bridgehead atoms. The highest BCUT2D eigenvalue weighted by Crippen LogP contribution is 2.42. The van der Waals surface area contributed by atoms with Gasteiger partial charge in [-0.2, -0.15) is 0 Å². The van der Waals surface area contributed by atoms with Crippen LogP contribution in [0.4, 0.5) is 0 Å². The number of hydrogen-bond acceptors (Lipinski definition) is 2. The monoisotopic (exact) mass is 307 g/mol. The minimum atomic E-state index is -0.0832. The Morgan fingerprint density at radius 2 is 1.83 bits per heavy atom. The van der Waals surface area contributed by atoms with Crippen LogP contribution in [-0.2, 0) is 5.41 Å². The first-order valence-corrected chi connectivity index (χ1v) is 8.50. The zero-order valence-corrected chi connectivity index (χ0v) is 14.0. The zero-order chi connectivity index (χ0) is 16.3. The van der Waals surface area contributed by atoms with Crippen molar-refractivity contribution >= 4 is 5.78 Å². The van der Waals surface area contributed by atoms with Crippen molar-refractivity contribution in [2.45, 2.75) is 32.1 Å². The fraction of sp³-hybridized carbons (Fsp3) is 0.381. The van der Waals surface area contributed by atoms with Gasteiger partial charge in [0.25, 0.3) is 0 Å². The van der Waals surface area contributed by atoms with Crippen molar-refractivity contribution in [1.29, 1.82) is 0 Å². The second kappa shape index (κ2) is 6.67. The molecule has 2 atom stereocenters. The van der Waals surface area contributed by atoms with Gasteiger partial charge in [-0.15, -0.1) is 0 Å². The van der Waals surface area contributed by atoms with E-state index in [4.69, 9.17) is 0 Å². The van der Waals surface area contributed by atoms with Gasteiger partial charge >= 0.3 is 0 Å². The lowest BCUT2D eigenvalue weighted by atomic mass is 9.65. The highest BCUT2D eigenvalue weighted by Gasteiger charge is 2.38. The average molecular weight is 307 g/mol. The number of piperidine rings is 1. The van der Waals surface area contributed by atoms with Gasteiger partial charge in [0.2, 0.25) is 0 Å². The minimum absolute atomic E-state index is 0.0832. The molecule has 0 amide bonds. The van der Waals surface area contributed by atoms with Crippen molar-refractivity contribution in [3.05, 3.63) is 71.3 Å². The molecule has 2 heteroatoms. The van der Waals surface area contributed by atoms with E-state index >= 15 is 0 Å². The Labute approximate surface area is 138 Å². The molecule has 0 aromatic heterocycles. The van der Waals surface area contributed by atoms with E-state index in [1.807, 2.05) is 12.1 Å². The summed E-state index contributed by atoms with van der Waals surface area (Å²) >= 11 is 0. The van der Waals surface area contributed by atoms with Crippen molar-refractivity contribution in [3.8, 4) is 0 Å². The molecule has 0 spiro atoms. The number of rotatable bonds is 4. The number of ketones is 1. The fourth-order valence-corrected chi connectivity index (χ4v) is 3.83. The van der Waals surface area contributed by atoms with Crippen molar-refractivity contribution < 1.29 is 4.79 Å². The van der Waals surface area contributed by atoms with Crippen molar-refractivity contribution in [1.82, 2.24) is 5.32 Å². The zero-order valence-electron chi connectivity index (χ0n) is 14.0. The summed E-state index contributed by atoms with van der Waals surface area (Å²) in [5.74, 6) is 0.657. The highest BCUT2D eigenvalue weighted by molar-refractivity contribution is 5.94. The quantitative estimate of drug-likeness (QED) is 0.858. The number of carbonyl (C=O) groups excluding carboxylic acids is 1. The van der Waals surface area contributed by atoms with Crippen LogP contribution in [0.25, 0.3) is 0 Å². The molecule has 2 aromatic rings. The van der Waals surface area contributed by atoms with E-state index in [0.717, 1.165) is 18.7 Å². The van der Waals surface area contributed by atoms with Gasteiger partial charge in [0.1, 0.15) is 0 Å². The first kappa shape index (κ1) is 15.9. The second-order valence-electron chi connectivity index (χ2n) is 6.75. The molecule has 23 heavy (non-hydrogen) atoms. The van der Waals surface area contributed by atoms with E-state index in [9.17, 15) is 4.79 Å². The van der Waals surface area contributed by atoms with Crippen molar-refractivity contribution in [2.75, 3.05) is 13.1 Å². The second-order valence-corrected chi connectivity index (χ2v) is 6.75. The van der Waals surface area contributed by atoms with Gasteiger partial charge < -0.3 is 5.32 Å². The molecule has 2 unspecified atom stereocenters. The molecule has 2 nitrogen and oxygen atoms in total. The Morgan fingerprint density at radius 3 is 2.48 bits per heavy atom. The molecule has 3 rings (SSSR count). The fourth-order valence-electron chi connectivity index (χ4n) is 3.83. The van der Waals surface area contributed by atoms with Crippen LogP contribution in [0.3, 0.4) is 0 Å². The Bertz CT molecular complexity index is 673. The van der Waals surface area contributed by atoms with E-state index in [-0.39, 0.29) is 11.2 Å². The maximum absolute atomic E-state index is 11.8. The molecule has 2 aromatic carbocycles. The largest absolute Gasteiger partial charge is 0.316 e. The number of carbonyl (C=O) groups is 1. The van der Waals surface area contributed by atoms with E-state index in [0.29, 0.717) is 5.92 Å². The molecule has 0 radical (unpaired) electrons. The molecular formula is C21H25NO. The maximum atomic E-state index is 11.8. The van der Waals surface area contributed by atoms with Crippen LogP contribution < -0.4 is 5.32 Å². The summed E-state index contributed by atoms with van der Waals surface area (Å²) in [6.45, 7) is 6.10. The number of benzene rings is 2.